The number of halogens is 1. The van der Waals surface area contributed by atoms with Gasteiger partial charge in [0.1, 0.15) is 5.69 Å². The monoisotopic (exact) mass is 229 g/mol. The Bertz CT molecular complexity index is 320. The van der Waals surface area contributed by atoms with Gasteiger partial charge in [0.25, 0.3) is 5.91 Å². The second kappa shape index (κ2) is 2.90. The van der Waals surface area contributed by atoms with Crippen LogP contribution in [0, 0.1) is 0 Å². The molecule has 0 bridgehead atoms. The zero-order chi connectivity index (χ0) is 8.55. The molecule has 0 aromatic carbocycles. The summed E-state index contributed by atoms with van der Waals surface area (Å²) >= 11 is 3.30. The van der Waals surface area contributed by atoms with E-state index in [1.54, 1.807) is 4.68 Å². The third-order valence-corrected chi connectivity index (χ3v) is 2.38. The Labute approximate surface area is 78.1 Å². The van der Waals surface area contributed by atoms with E-state index in [0.29, 0.717) is 17.6 Å². The van der Waals surface area contributed by atoms with Gasteiger partial charge in [0.2, 0.25) is 0 Å². The Hall–Kier alpha value is -0.840. The first-order chi connectivity index (χ1) is 5.81. The molecule has 1 N–H and O–H groups in total. The number of carbonyl (C=O) groups excluding carboxylic acids is 1. The molecule has 0 atom stereocenters. The molecule has 1 amide bonds. The highest BCUT2D eigenvalue weighted by Crippen LogP contribution is 2.09. The Kier molecular flexibility index (Phi) is 1.88. The zero-order valence-corrected chi connectivity index (χ0v) is 7.97. The second-order valence-electron chi connectivity index (χ2n) is 2.63. The Balaban J connectivity index is 2.43. The average molecular weight is 230 g/mol. The lowest BCUT2D eigenvalue weighted by Gasteiger charge is -2.13. The quantitative estimate of drug-likeness (QED) is 0.715. The van der Waals surface area contributed by atoms with Gasteiger partial charge >= 0.3 is 0 Å². The molecule has 0 fully saturated rings. The highest BCUT2D eigenvalue weighted by Gasteiger charge is 2.18. The van der Waals surface area contributed by atoms with Gasteiger partial charge in [0, 0.05) is 11.9 Å². The number of nitrogens with zero attached hydrogens (tertiary/aromatic N) is 2. The molecule has 2 heterocycles. The smallest absolute Gasteiger partial charge is 0.269 e. The highest BCUT2D eigenvalue weighted by molar-refractivity contribution is 9.08. The van der Waals surface area contributed by atoms with Crippen molar-refractivity contribution >= 4 is 21.8 Å². The molecule has 0 radical (unpaired) electrons. The molecule has 2 rings (SSSR count). The Morgan fingerprint density at radius 2 is 2.58 bits per heavy atom. The van der Waals surface area contributed by atoms with E-state index < -0.39 is 0 Å². The Morgan fingerprint density at radius 1 is 1.75 bits per heavy atom. The standard InChI is InChI=1S/C7H8BrN3O/c8-4-5-3-6-7(12)9-1-2-11(6)10-5/h3H,1-2,4H2,(H,9,12). The largest absolute Gasteiger partial charge is 0.349 e. The van der Waals surface area contributed by atoms with Crippen LogP contribution in [-0.2, 0) is 11.9 Å². The number of hydrogen-bond donors (Lipinski definition) is 1. The summed E-state index contributed by atoms with van der Waals surface area (Å²) in [5.74, 6) is -0.0269. The third kappa shape index (κ3) is 1.14. The minimum absolute atomic E-state index is 0.0269. The van der Waals surface area contributed by atoms with Crippen LogP contribution in [0.15, 0.2) is 6.07 Å². The van der Waals surface area contributed by atoms with Crippen LogP contribution in [0.5, 0.6) is 0 Å². The molecule has 1 aromatic heterocycles. The first-order valence-electron chi connectivity index (χ1n) is 3.72. The predicted octanol–water partition coefficient (Wildman–Crippen LogP) is 0.521. The van der Waals surface area contributed by atoms with Crippen LogP contribution in [0.4, 0.5) is 0 Å². The molecule has 0 spiro atoms. The maximum Gasteiger partial charge on any atom is 0.269 e. The van der Waals surface area contributed by atoms with E-state index in [9.17, 15) is 4.79 Å². The van der Waals surface area contributed by atoms with Crippen LogP contribution in [0.2, 0.25) is 0 Å². The van der Waals surface area contributed by atoms with Gasteiger partial charge in [0.05, 0.1) is 12.2 Å². The van der Waals surface area contributed by atoms with Crippen molar-refractivity contribution in [3.05, 3.63) is 17.5 Å². The van der Waals surface area contributed by atoms with Crippen molar-refractivity contribution in [3.63, 3.8) is 0 Å². The van der Waals surface area contributed by atoms with E-state index in [-0.39, 0.29) is 5.91 Å². The van der Waals surface area contributed by atoms with Gasteiger partial charge in [-0.25, -0.2) is 0 Å². The van der Waals surface area contributed by atoms with Gasteiger partial charge in [-0.3, -0.25) is 9.48 Å². The number of rotatable bonds is 1. The number of hydrogen-bond acceptors (Lipinski definition) is 2. The van der Waals surface area contributed by atoms with Gasteiger partial charge < -0.3 is 5.32 Å². The molecule has 1 aromatic rings. The minimum atomic E-state index is -0.0269. The molecule has 64 valence electrons. The highest BCUT2D eigenvalue weighted by atomic mass is 79.9. The fraction of sp³-hybridized carbons (Fsp3) is 0.429. The van der Waals surface area contributed by atoms with Crippen molar-refractivity contribution in [2.45, 2.75) is 11.9 Å². The fourth-order valence-electron chi connectivity index (χ4n) is 1.25. The third-order valence-electron chi connectivity index (χ3n) is 1.81. The SMILES string of the molecule is O=C1NCCn2nc(CBr)cc21. The van der Waals surface area contributed by atoms with E-state index in [0.717, 1.165) is 12.2 Å². The molecule has 0 unspecified atom stereocenters. The molecule has 0 aliphatic carbocycles. The topological polar surface area (TPSA) is 46.9 Å². The van der Waals surface area contributed by atoms with Crippen molar-refractivity contribution in [2.75, 3.05) is 6.54 Å². The summed E-state index contributed by atoms with van der Waals surface area (Å²) in [6.45, 7) is 1.45. The van der Waals surface area contributed by atoms with Gasteiger partial charge in [-0.2, -0.15) is 5.10 Å². The van der Waals surface area contributed by atoms with Crippen molar-refractivity contribution < 1.29 is 4.79 Å². The zero-order valence-electron chi connectivity index (χ0n) is 6.38. The number of fused-ring (bicyclic) bond motifs is 1. The summed E-state index contributed by atoms with van der Waals surface area (Å²) in [6.07, 6.45) is 0. The van der Waals surface area contributed by atoms with Crippen molar-refractivity contribution in [1.29, 1.82) is 0 Å². The lowest BCUT2D eigenvalue weighted by atomic mass is 10.3. The van der Waals surface area contributed by atoms with Crippen LogP contribution in [-0.4, -0.2) is 22.2 Å². The first-order valence-corrected chi connectivity index (χ1v) is 4.84. The van der Waals surface area contributed by atoms with Gasteiger partial charge in [0.15, 0.2) is 0 Å². The second-order valence-corrected chi connectivity index (χ2v) is 3.19. The van der Waals surface area contributed by atoms with Crippen molar-refractivity contribution in [1.82, 2.24) is 15.1 Å². The van der Waals surface area contributed by atoms with Crippen molar-refractivity contribution in [3.8, 4) is 0 Å². The van der Waals surface area contributed by atoms with E-state index in [1.807, 2.05) is 6.07 Å². The molecule has 0 saturated heterocycles. The lowest BCUT2D eigenvalue weighted by molar-refractivity contribution is 0.0924. The van der Waals surface area contributed by atoms with Crippen LogP contribution >= 0.6 is 15.9 Å². The van der Waals surface area contributed by atoms with E-state index in [1.165, 1.54) is 0 Å². The van der Waals surface area contributed by atoms with Gasteiger partial charge in [-0.1, -0.05) is 15.9 Å². The maximum atomic E-state index is 11.2. The van der Waals surface area contributed by atoms with Gasteiger partial charge in [-0.15, -0.1) is 0 Å². The van der Waals surface area contributed by atoms with Crippen LogP contribution in [0.1, 0.15) is 16.2 Å². The fourth-order valence-corrected chi connectivity index (χ4v) is 1.53. The van der Waals surface area contributed by atoms with Crippen LogP contribution in [0.25, 0.3) is 0 Å². The molecule has 1 aliphatic rings. The predicted molar refractivity (Wildman–Crippen MR) is 47.2 cm³/mol. The molecular weight excluding hydrogens is 222 g/mol. The van der Waals surface area contributed by atoms with Crippen LogP contribution in [0.3, 0.4) is 0 Å². The normalized spacial score (nSPS) is 15.6. The summed E-state index contributed by atoms with van der Waals surface area (Å²) in [5.41, 5.74) is 1.57. The van der Waals surface area contributed by atoms with Crippen LogP contribution < -0.4 is 5.32 Å². The first kappa shape index (κ1) is 7.79. The number of aromatic nitrogens is 2. The molecule has 12 heavy (non-hydrogen) atoms. The van der Waals surface area contributed by atoms with Crippen molar-refractivity contribution in [2.24, 2.45) is 0 Å². The molecule has 5 heteroatoms. The summed E-state index contributed by atoms with van der Waals surface area (Å²) in [7, 11) is 0. The maximum absolute atomic E-state index is 11.2. The van der Waals surface area contributed by atoms with E-state index in [4.69, 9.17) is 0 Å². The molecule has 1 aliphatic heterocycles. The summed E-state index contributed by atoms with van der Waals surface area (Å²) in [6, 6.07) is 1.81. The number of amides is 1. The summed E-state index contributed by atoms with van der Waals surface area (Å²) < 4.78 is 1.75. The Morgan fingerprint density at radius 3 is 3.25 bits per heavy atom. The van der Waals surface area contributed by atoms with Gasteiger partial charge in [-0.05, 0) is 6.07 Å². The van der Waals surface area contributed by atoms with E-state index in [2.05, 4.69) is 26.3 Å². The summed E-state index contributed by atoms with van der Waals surface area (Å²) in [4.78, 5) is 11.2. The van der Waals surface area contributed by atoms with E-state index >= 15 is 0 Å². The lowest BCUT2D eigenvalue weighted by Crippen LogP contribution is -2.35. The number of carbonyl (C=O) groups is 1. The summed E-state index contributed by atoms with van der Waals surface area (Å²) in [5, 5.41) is 7.68. The number of nitrogens with one attached hydrogen (secondary N) is 1. The minimum Gasteiger partial charge on any atom is -0.349 e. The molecule has 4 nitrogen and oxygen atoms in total. The average Bonchev–Trinajstić information content (AvgIpc) is 2.49. The molecular formula is C7H8BrN3O. The molecule has 0 saturated carbocycles. The number of alkyl halides is 1.